The lowest BCUT2D eigenvalue weighted by molar-refractivity contribution is 0.467. The molecule has 4 aromatic rings. The molecule has 0 amide bonds. The lowest BCUT2D eigenvalue weighted by atomic mass is 10.1. The molecule has 0 fully saturated rings. The van der Waals surface area contributed by atoms with E-state index in [0.29, 0.717) is 11.3 Å². The van der Waals surface area contributed by atoms with Crippen LogP contribution in [0.4, 0.5) is 0 Å². The standard InChI is InChI=1S/C20H16O6S2/c1-27(21,22)14-8-10-19(20(12-14)28(2,23)24)25-13-7-9-18-16(11-13)15-5-3-4-6-17(15)26-18/h3-12H,1-2H3. The molecule has 6 nitrogen and oxygen atoms in total. The van der Waals surface area contributed by atoms with E-state index in [1.54, 1.807) is 18.2 Å². The Bertz CT molecular complexity index is 1430. The summed E-state index contributed by atoms with van der Waals surface area (Å²) in [5.74, 6) is 0.470. The zero-order chi connectivity index (χ0) is 20.1. The second-order valence-corrected chi connectivity index (χ2v) is 10.5. The van der Waals surface area contributed by atoms with Crippen LogP contribution in [0.15, 0.2) is 74.9 Å². The fraction of sp³-hybridized carbons (Fsp3) is 0.100. The molecule has 0 bridgehead atoms. The van der Waals surface area contributed by atoms with Gasteiger partial charge in [-0.1, -0.05) is 18.2 Å². The van der Waals surface area contributed by atoms with E-state index in [2.05, 4.69) is 0 Å². The molecule has 0 atom stereocenters. The lowest BCUT2D eigenvalue weighted by Crippen LogP contribution is -2.04. The number of benzene rings is 3. The van der Waals surface area contributed by atoms with Crippen LogP contribution in [0.5, 0.6) is 11.5 Å². The van der Waals surface area contributed by atoms with Gasteiger partial charge >= 0.3 is 0 Å². The molecule has 0 aliphatic carbocycles. The Balaban J connectivity index is 1.83. The average molecular weight is 416 g/mol. The Morgan fingerprint density at radius 1 is 0.750 bits per heavy atom. The summed E-state index contributed by atoms with van der Waals surface area (Å²) in [6.45, 7) is 0. The van der Waals surface area contributed by atoms with E-state index in [-0.39, 0.29) is 15.5 Å². The largest absolute Gasteiger partial charge is 0.456 e. The number of hydrogen-bond donors (Lipinski definition) is 0. The Morgan fingerprint density at radius 2 is 1.46 bits per heavy atom. The van der Waals surface area contributed by atoms with Gasteiger partial charge in [0, 0.05) is 23.3 Å². The van der Waals surface area contributed by atoms with Gasteiger partial charge in [-0.15, -0.1) is 0 Å². The quantitative estimate of drug-likeness (QED) is 0.496. The molecule has 0 unspecified atom stereocenters. The minimum atomic E-state index is -3.71. The molecule has 28 heavy (non-hydrogen) atoms. The molecule has 3 aromatic carbocycles. The van der Waals surface area contributed by atoms with Gasteiger partial charge in [-0.25, -0.2) is 16.8 Å². The summed E-state index contributed by atoms with van der Waals surface area (Å²) >= 11 is 0. The minimum absolute atomic E-state index is 0.0575. The van der Waals surface area contributed by atoms with Gasteiger partial charge in [0.2, 0.25) is 0 Å². The molecule has 0 aliphatic heterocycles. The molecule has 0 spiro atoms. The first-order valence-corrected chi connectivity index (χ1v) is 12.0. The molecule has 0 saturated heterocycles. The average Bonchev–Trinajstić information content (AvgIpc) is 2.98. The van der Waals surface area contributed by atoms with Gasteiger partial charge in [0.05, 0.1) is 4.90 Å². The zero-order valence-electron chi connectivity index (χ0n) is 15.0. The molecule has 8 heteroatoms. The highest BCUT2D eigenvalue weighted by Crippen LogP contribution is 2.35. The normalized spacial score (nSPS) is 12.5. The van der Waals surface area contributed by atoms with Gasteiger partial charge in [0.25, 0.3) is 0 Å². The van der Waals surface area contributed by atoms with Gasteiger partial charge in [-0.3, -0.25) is 0 Å². The summed E-state index contributed by atoms with van der Waals surface area (Å²) in [5, 5.41) is 1.75. The van der Waals surface area contributed by atoms with Gasteiger partial charge in [-0.2, -0.15) is 0 Å². The number of hydrogen-bond acceptors (Lipinski definition) is 6. The van der Waals surface area contributed by atoms with Crippen LogP contribution in [0.3, 0.4) is 0 Å². The molecule has 0 saturated carbocycles. The van der Waals surface area contributed by atoms with Gasteiger partial charge in [0.15, 0.2) is 19.7 Å². The molecule has 1 heterocycles. The van der Waals surface area contributed by atoms with Crippen molar-refractivity contribution in [3.63, 3.8) is 0 Å². The van der Waals surface area contributed by atoms with E-state index in [1.807, 2.05) is 24.3 Å². The van der Waals surface area contributed by atoms with Crippen molar-refractivity contribution in [2.45, 2.75) is 9.79 Å². The fourth-order valence-electron chi connectivity index (χ4n) is 2.99. The highest BCUT2D eigenvalue weighted by Gasteiger charge is 2.20. The SMILES string of the molecule is CS(=O)(=O)c1ccc(Oc2ccc3oc4ccccc4c3c2)c(S(C)(=O)=O)c1. The number of para-hydroxylation sites is 1. The van der Waals surface area contributed by atoms with E-state index in [9.17, 15) is 16.8 Å². The highest BCUT2D eigenvalue weighted by molar-refractivity contribution is 7.91. The van der Waals surface area contributed by atoms with Crippen LogP contribution in [-0.4, -0.2) is 29.3 Å². The molecular formula is C20H16O6S2. The van der Waals surface area contributed by atoms with Crippen LogP contribution in [0, 0.1) is 0 Å². The summed E-state index contributed by atoms with van der Waals surface area (Å²) in [6, 6.07) is 16.5. The Hall–Kier alpha value is -2.84. The third-order valence-corrected chi connectivity index (χ3v) is 6.55. The molecule has 0 aliphatic rings. The van der Waals surface area contributed by atoms with Crippen LogP contribution in [0.25, 0.3) is 21.9 Å². The molecule has 4 rings (SSSR count). The van der Waals surface area contributed by atoms with E-state index in [4.69, 9.17) is 9.15 Å². The fourth-order valence-corrected chi connectivity index (χ4v) is 4.53. The van der Waals surface area contributed by atoms with Crippen LogP contribution in [0.1, 0.15) is 0 Å². The maximum atomic E-state index is 12.2. The maximum absolute atomic E-state index is 12.2. The van der Waals surface area contributed by atoms with E-state index in [1.165, 1.54) is 12.1 Å². The topological polar surface area (TPSA) is 90.7 Å². The van der Waals surface area contributed by atoms with Crippen molar-refractivity contribution in [2.24, 2.45) is 0 Å². The van der Waals surface area contributed by atoms with Crippen LogP contribution >= 0.6 is 0 Å². The zero-order valence-corrected chi connectivity index (χ0v) is 16.7. The Labute approximate surface area is 162 Å². The first-order valence-electron chi connectivity index (χ1n) is 8.26. The van der Waals surface area contributed by atoms with E-state index >= 15 is 0 Å². The van der Waals surface area contributed by atoms with Crippen molar-refractivity contribution >= 4 is 41.6 Å². The first kappa shape index (κ1) is 18.5. The number of furan rings is 1. The Kier molecular flexibility index (Phi) is 4.20. The lowest BCUT2D eigenvalue weighted by Gasteiger charge is -2.11. The third kappa shape index (κ3) is 3.36. The third-order valence-electron chi connectivity index (χ3n) is 4.32. The van der Waals surface area contributed by atoms with Crippen LogP contribution in [-0.2, 0) is 19.7 Å². The predicted molar refractivity (Wildman–Crippen MR) is 106 cm³/mol. The number of ether oxygens (including phenoxy) is 1. The minimum Gasteiger partial charge on any atom is -0.456 e. The van der Waals surface area contributed by atoms with E-state index in [0.717, 1.165) is 34.9 Å². The molecule has 0 radical (unpaired) electrons. The maximum Gasteiger partial charge on any atom is 0.179 e. The highest BCUT2D eigenvalue weighted by atomic mass is 32.2. The second-order valence-electron chi connectivity index (χ2n) is 6.51. The summed E-state index contributed by atoms with van der Waals surface area (Å²) in [4.78, 5) is -0.274. The molecule has 144 valence electrons. The summed E-state index contributed by atoms with van der Waals surface area (Å²) in [7, 11) is -7.26. The monoisotopic (exact) mass is 416 g/mol. The Morgan fingerprint density at radius 3 is 2.18 bits per heavy atom. The summed E-state index contributed by atoms with van der Waals surface area (Å²) in [6.07, 6.45) is 2.03. The number of rotatable bonds is 4. The first-order chi connectivity index (χ1) is 13.1. The van der Waals surface area contributed by atoms with Crippen molar-refractivity contribution in [2.75, 3.05) is 12.5 Å². The predicted octanol–water partition coefficient (Wildman–Crippen LogP) is 4.19. The van der Waals surface area contributed by atoms with Crippen LogP contribution < -0.4 is 4.74 Å². The van der Waals surface area contributed by atoms with Crippen LogP contribution in [0.2, 0.25) is 0 Å². The van der Waals surface area contributed by atoms with E-state index < -0.39 is 19.7 Å². The molecular weight excluding hydrogens is 400 g/mol. The number of fused-ring (bicyclic) bond motifs is 3. The number of sulfone groups is 2. The van der Waals surface area contributed by atoms with Crippen molar-refractivity contribution in [3.05, 3.63) is 60.7 Å². The smallest absolute Gasteiger partial charge is 0.179 e. The van der Waals surface area contributed by atoms with Crippen molar-refractivity contribution in [1.29, 1.82) is 0 Å². The summed E-state index contributed by atoms with van der Waals surface area (Å²) in [5.41, 5.74) is 1.42. The summed E-state index contributed by atoms with van der Waals surface area (Å²) < 4.78 is 59.5. The van der Waals surface area contributed by atoms with Gasteiger partial charge in [0.1, 0.15) is 27.6 Å². The van der Waals surface area contributed by atoms with Gasteiger partial charge in [-0.05, 0) is 42.5 Å². The van der Waals surface area contributed by atoms with Crippen molar-refractivity contribution in [3.8, 4) is 11.5 Å². The van der Waals surface area contributed by atoms with Crippen molar-refractivity contribution in [1.82, 2.24) is 0 Å². The molecule has 1 aromatic heterocycles. The van der Waals surface area contributed by atoms with Gasteiger partial charge < -0.3 is 9.15 Å². The second kappa shape index (κ2) is 6.35. The van der Waals surface area contributed by atoms with Crippen molar-refractivity contribution < 1.29 is 26.0 Å². The molecule has 0 N–H and O–H groups in total.